The summed E-state index contributed by atoms with van der Waals surface area (Å²) in [5, 5.41) is 36.5. The summed E-state index contributed by atoms with van der Waals surface area (Å²) < 4.78 is 7.92. The molecule has 0 bridgehead atoms. The smallest absolute Gasteiger partial charge is 0.201 e. The summed E-state index contributed by atoms with van der Waals surface area (Å²) in [6.45, 7) is 7.33. The first-order valence-corrected chi connectivity index (χ1v) is 15.2. The number of benzene rings is 3. The number of aliphatic hydroxyl groups excluding tert-OH is 1. The number of hydrogen-bond donors (Lipinski definition) is 4. The molecule has 9 nitrogen and oxygen atoms in total. The van der Waals surface area contributed by atoms with Crippen LogP contribution in [0.2, 0.25) is 0 Å². The fourth-order valence-electron chi connectivity index (χ4n) is 7.32. The van der Waals surface area contributed by atoms with Crippen LogP contribution in [0.25, 0.3) is 38.5 Å². The fourth-order valence-corrected chi connectivity index (χ4v) is 7.32. The number of aromatic amines is 1. The van der Waals surface area contributed by atoms with Crippen molar-refractivity contribution >= 4 is 44.3 Å². The van der Waals surface area contributed by atoms with Crippen LogP contribution in [0.4, 0.5) is 0 Å². The van der Waals surface area contributed by atoms with E-state index in [0.717, 1.165) is 5.57 Å². The Hall–Kier alpha value is -5.15. The van der Waals surface area contributed by atoms with Crippen LogP contribution >= 0.6 is 0 Å². The maximum absolute atomic E-state index is 14.9. The quantitative estimate of drug-likeness (QED) is 0.144. The number of nitrogens with one attached hydrogen (secondary N) is 1. The monoisotopic (exact) mass is 618 g/mol. The topological polar surface area (TPSA) is 142 Å². The van der Waals surface area contributed by atoms with Crippen LogP contribution in [0.15, 0.2) is 81.4 Å². The average Bonchev–Trinajstić information content (AvgIpc) is 3.00. The van der Waals surface area contributed by atoms with Gasteiger partial charge in [0.1, 0.15) is 22.9 Å². The van der Waals surface area contributed by atoms with Crippen molar-refractivity contribution in [2.75, 3.05) is 0 Å². The number of carbonyl (C=O) groups is 1. The molecule has 0 saturated carbocycles. The van der Waals surface area contributed by atoms with Crippen molar-refractivity contribution in [3.8, 4) is 11.5 Å². The molecule has 1 aliphatic carbocycles. The molecule has 2 aliphatic rings. The molecule has 46 heavy (non-hydrogen) atoms. The van der Waals surface area contributed by atoms with Crippen molar-refractivity contribution in [2.24, 2.45) is 7.05 Å². The summed E-state index contributed by atoms with van der Waals surface area (Å²) >= 11 is 0. The minimum atomic E-state index is -2.21. The molecular formula is C37H34N2O7. The third-order valence-corrected chi connectivity index (χ3v) is 9.37. The number of hydrogen-bond acceptors (Lipinski definition) is 7. The van der Waals surface area contributed by atoms with Crippen molar-refractivity contribution in [2.45, 2.75) is 57.7 Å². The summed E-state index contributed by atoms with van der Waals surface area (Å²) in [5.74, 6) is -2.29. The Morgan fingerprint density at radius 2 is 1.70 bits per heavy atom. The van der Waals surface area contributed by atoms with Crippen LogP contribution < -0.4 is 15.6 Å². The minimum Gasteiger partial charge on any atom is -0.507 e. The molecule has 0 radical (unpaired) electrons. The van der Waals surface area contributed by atoms with Gasteiger partial charge in [-0.3, -0.25) is 14.4 Å². The zero-order chi connectivity index (χ0) is 32.9. The summed E-state index contributed by atoms with van der Waals surface area (Å²) in [4.78, 5) is 46.0. The number of rotatable bonds is 3. The predicted molar refractivity (Wildman–Crippen MR) is 177 cm³/mol. The zero-order valence-electron chi connectivity index (χ0n) is 26.2. The van der Waals surface area contributed by atoms with Gasteiger partial charge < -0.3 is 29.6 Å². The van der Waals surface area contributed by atoms with Crippen molar-refractivity contribution in [3.05, 3.63) is 109 Å². The van der Waals surface area contributed by atoms with E-state index >= 15 is 0 Å². The molecule has 0 spiro atoms. The number of aromatic hydroxyl groups is 1. The minimum absolute atomic E-state index is 0.0104. The Bertz CT molecular complexity index is 2350. The Labute approximate surface area is 263 Å². The molecular weight excluding hydrogens is 584 g/mol. The number of fused-ring (bicyclic) bond motifs is 6. The largest absolute Gasteiger partial charge is 0.507 e. The number of aliphatic hydroxyl groups is 2. The van der Waals surface area contributed by atoms with Gasteiger partial charge in [0.2, 0.25) is 16.6 Å². The molecule has 4 N–H and O–H groups in total. The third kappa shape index (κ3) is 4.08. The van der Waals surface area contributed by atoms with Crippen molar-refractivity contribution in [3.63, 3.8) is 0 Å². The van der Waals surface area contributed by atoms with Crippen LogP contribution in [0.1, 0.15) is 63.3 Å². The van der Waals surface area contributed by atoms with Crippen LogP contribution in [-0.4, -0.2) is 36.3 Å². The van der Waals surface area contributed by atoms with Gasteiger partial charge in [0.25, 0.3) is 0 Å². The van der Waals surface area contributed by atoms with E-state index in [1.807, 2.05) is 27.7 Å². The maximum Gasteiger partial charge on any atom is 0.201 e. The number of Topliss-reactive ketones (excluding diaryl/α,β-unsaturated/α-hetero) is 1. The number of phenols is 1. The van der Waals surface area contributed by atoms with Crippen LogP contribution in [0.5, 0.6) is 11.5 Å². The molecule has 7 rings (SSSR count). The second-order valence-electron chi connectivity index (χ2n) is 13.2. The van der Waals surface area contributed by atoms with E-state index in [9.17, 15) is 29.7 Å². The standard InChI is InChI=1S/C37H34N2O7/c1-18(2)14-15-37(45)34-29(32(42)20-11-7-9-13-23(20)39(34)5)33(43)27(35(37)44)21-17-36(3,4)46-25-16-24(40)28-30(26(21)25)38-22-12-8-6-10-19(22)31(28)41/h6-14,16,21,40,43,45H,15,17H2,1-5H3,(H,38,41)/t21-,37-/m0/s1. The highest BCUT2D eigenvalue weighted by Gasteiger charge is 2.53. The Kier molecular flexibility index (Phi) is 6.38. The molecule has 3 aromatic carbocycles. The summed E-state index contributed by atoms with van der Waals surface area (Å²) in [6.07, 6.45) is 1.75. The molecule has 5 aromatic rings. The Morgan fingerprint density at radius 1 is 1.02 bits per heavy atom. The number of allylic oxidation sites excluding steroid dienone is 1. The van der Waals surface area contributed by atoms with Crippen molar-refractivity contribution in [1.29, 1.82) is 0 Å². The lowest BCUT2D eigenvalue weighted by atomic mass is 9.69. The molecule has 1 aliphatic heterocycles. The van der Waals surface area contributed by atoms with E-state index in [2.05, 4.69) is 4.98 Å². The number of pyridine rings is 2. The number of H-pyrrole nitrogens is 1. The SMILES string of the molecule is CC(C)=CC[C@@]1(O)C(=O)C([C@H]2CC(C)(C)Oc3cc(O)c4c(=O)c5ccccc5[nH]c4c32)=C(O)c2c1n(C)c1ccccc1c2=O. The molecule has 2 aromatic heterocycles. The lowest BCUT2D eigenvalue weighted by molar-refractivity contribution is -0.135. The van der Waals surface area contributed by atoms with E-state index in [1.54, 1.807) is 66.2 Å². The van der Waals surface area contributed by atoms with Crippen LogP contribution in [0, 0.1) is 0 Å². The number of aromatic nitrogens is 2. The number of ether oxygens (including phenoxy) is 1. The summed E-state index contributed by atoms with van der Waals surface area (Å²) in [6, 6.07) is 15.1. The van der Waals surface area contributed by atoms with Crippen LogP contribution in [0.3, 0.4) is 0 Å². The Balaban J connectivity index is 1.62. The van der Waals surface area contributed by atoms with Gasteiger partial charge in [-0.2, -0.15) is 0 Å². The molecule has 3 heterocycles. The fraction of sp³-hybridized carbons (Fsp3) is 0.270. The van der Waals surface area contributed by atoms with E-state index in [0.29, 0.717) is 27.4 Å². The van der Waals surface area contributed by atoms with Crippen molar-refractivity contribution in [1.82, 2.24) is 9.55 Å². The van der Waals surface area contributed by atoms with Gasteiger partial charge in [-0.05, 0) is 58.4 Å². The maximum atomic E-state index is 14.9. The van der Waals surface area contributed by atoms with Crippen LogP contribution in [-0.2, 0) is 17.4 Å². The number of nitrogens with zero attached hydrogens (tertiary/aromatic N) is 1. The predicted octanol–water partition coefficient (Wildman–Crippen LogP) is 5.98. The van der Waals surface area contributed by atoms with E-state index < -0.39 is 39.5 Å². The zero-order valence-corrected chi connectivity index (χ0v) is 26.2. The molecule has 0 amide bonds. The van der Waals surface area contributed by atoms with E-state index in [1.165, 1.54) is 6.07 Å². The van der Waals surface area contributed by atoms with Crippen molar-refractivity contribution < 1.29 is 24.9 Å². The first-order valence-electron chi connectivity index (χ1n) is 15.2. The second kappa shape index (κ2) is 9.92. The van der Waals surface area contributed by atoms with Gasteiger partial charge in [-0.25, -0.2) is 0 Å². The summed E-state index contributed by atoms with van der Waals surface area (Å²) in [5.41, 5.74) is -1.82. The second-order valence-corrected chi connectivity index (χ2v) is 13.2. The number of aryl methyl sites for hydroxylation is 1. The third-order valence-electron chi connectivity index (χ3n) is 9.37. The number of para-hydroxylation sites is 2. The highest BCUT2D eigenvalue weighted by Crippen LogP contribution is 2.53. The average molecular weight is 619 g/mol. The summed E-state index contributed by atoms with van der Waals surface area (Å²) in [7, 11) is 1.67. The normalized spacial score (nSPS) is 20.5. The van der Waals surface area contributed by atoms with E-state index in [-0.39, 0.29) is 52.1 Å². The van der Waals surface area contributed by atoms with Gasteiger partial charge in [0.05, 0.1) is 27.7 Å². The Morgan fingerprint density at radius 3 is 2.41 bits per heavy atom. The number of phenolic OH excluding ortho intramolecular Hbond substituents is 1. The molecule has 2 atom stereocenters. The number of ketones is 1. The van der Waals surface area contributed by atoms with Gasteiger partial charge in [0.15, 0.2) is 5.60 Å². The number of carbonyl (C=O) groups excluding carboxylic acids is 1. The first-order chi connectivity index (χ1) is 21.7. The van der Waals surface area contributed by atoms with Gasteiger partial charge in [-0.15, -0.1) is 0 Å². The lowest BCUT2D eigenvalue weighted by Crippen LogP contribution is -2.47. The first kappa shape index (κ1) is 29.6. The molecule has 0 fully saturated rings. The van der Waals surface area contributed by atoms with Gasteiger partial charge >= 0.3 is 0 Å². The highest BCUT2D eigenvalue weighted by atomic mass is 16.5. The van der Waals surface area contributed by atoms with E-state index in [4.69, 9.17) is 4.74 Å². The highest BCUT2D eigenvalue weighted by molar-refractivity contribution is 6.13. The van der Waals surface area contributed by atoms with Gasteiger partial charge in [0, 0.05) is 52.9 Å². The van der Waals surface area contributed by atoms with Gasteiger partial charge in [-0.1, -0.05) is 35.9 Å². The molecule has 0 unspecified atom stereocenters. The molecule has 9 heteroatoms. The molecule has 234 valence electrons. The molecule has 0 saturated heterocycles. The lowest BCUT2D eigenvalue weighted by Gasteiger charge is -2.42.